The number of hydrogen-bond donors (Lipinski definition) is 1. The minimum atomic E-state index is -0.369. The first kappa shape index (κ1) is 12.8. The molecule has 0 aliphatic carbocycles. The smallest absolute Gasteiger partial charge is 0.0793 e. The van der Waals surface area contributed by atoms with Gasteiger partial charge in [-0.3, -0.25) is 0 Å². The van der Waals surface area contributed by atoms with Gasteiger partial charge in [-0.1, -0.05) is 59.7 Å². The van der Waals surface area contributed by atoms with Crippen molar-refractivity contribution in [3.63, 3.8) is 0 Å². The second kappa shape index (κ2) is 5.83. The molecule has 1 atom stereocenters. The van der Waals surface area contributed by atoms with Gasteiger partial charge < -0.3 is 5.11 Å². The molecule has 0 bridgehead atoms. The van der Waals surface area contributed by atoms with Gasteiger partial charge in [0.25, 0.3) is 0 Å². The second-order valence-electron chi connectivity index (χ2n) is 4.95. The Morgan fingerprint density at radius 2 is 1.67 bits per heavy atom. The summed E-state index contributed by atoms with van der Waals surface area (Å²) in [5.41, 5.74) is 4.80. The third kappa shape index (κ3) is 3.44. The fraction of sp³-hybridized carbons (Fsp3) is 0.294. The molecule has 0 saturated heterocycles. The Labute approximate surface area is 109 Å². The highest BCUT2D eigenvalue weighted by molar-refractivity contribution is 5.25. The summed E-state index contributed by atoms with van der Waals surface area (Å²) in [5.74, 6) is 0. The van der Waals surface area contributed by atoms with Crippen LogP contribution in [0.2, 0.25) is 0 Å². The molecule has 0 aromatic heterocycles. The van der Waals surface area contributed by atoms with E-state index in [0.29, 0.717) is 0 Å². The number of rotatable bonds is 4. The molecule has 0 fully saturated rings. The Bertz CT molecular complexity index is 499. The molecule has 2 aromatic rings. The average molecular weight is 240 g/mol. The summed E-state index contributed by atoms with van der Waals surface area (Å²) >= 11 is 0. The zero-order chi connectivity index (χ0) is 13.0. The van der Waals surface area contributed by atoms with E-state index in [0.717, 1.165) is 18.4 Å². The summed E-state index contributed by atoms with van der Waals surface area (Å²) in [4.78, 5) is 0. The Morgan fingerprint density at radius 3 is 2.33 bits per heavy atom. The van der Waals surface area contributed by atoms with Crippen LogP contribution in [0.3, 0.4) is 0 Å². The molecule has 0 spiro atoms. The predicted molar refractivity (Wildman–Crippen MR) is 75.6 cm³/mol. The van der Waals surface area contributed by atoms with Crippen LogP contribution in [0.1, 0.15) is 34.8 Å². The number of hydrogen-bond acceptors (Lipinski definition) is 1. The van der Waals surface area contributed by atoms with Crippen LogP contribution in [0.15, 0.2) is 48.5 Å². The van der Waals surface area contributed by atoms with E-state index in [9.17, 15) is 5.11 Å². The molecule has 0 heterocycles. The fourth-order valence-corrected chi connectivity index (χ4v) is 2.13. The molecule has 18 heavy (non-hydrogen) atoms. The lowest BCUT2D eigenvalue weighted by Gasteiger charge is -2.11. The predicted octanol–water partition coefficient (Wildman–Crippen LogP) is 3.97. The lowest BCUT2D eigenvalue weighted by Crippen LogP contribution is -1.99. The Kier molecular flexibility index (Phi) is 4.16. The van der Waals surface area contributed by atoms with Crippen LogP contribution in [-0.4, -0.2) is 5.11 Å². The molecule has 1 unspecified atom stereocenters. The highest BCUT2D eigenvalue weighted by Crippen LogP contribution is 2.19. The van der Waals surface area contributed by atoms with Gasteiger partial charge in [-0.2, -0.15) is 0 Å². The van der Waals surface area contributed by atoms with Crippen molar-refractivity contribution >= 4 is 0 Å². The van der Waals surface area contributed by atoms with Crippen LogP contribution in [0, 0.1) is 13.8 Å². The van der Waals surface area contributed by atoms with Crippen molar-refractivity contribution < 1.29 is 5.11 Å². The summed E-state index contributed by atoms with van der Waals surface area (Å²) in [6.45, 7) is 4.16. The van der Waals surface area contributed by atoms with Crippen molar-refractivity contribution in [2.24, 2.45) is 0 Å². The van der Waals surface area contributed by atoms with E-state index < -0.39 is 0 Å². The van der Waals surface area contributed by atoms with Gasteiger partial charge in [0, 0.05) is 0 Å². The molecule has 0 amide bonds. The van der Waals surface area contributed by atoms with Crippen molar-refractivity contribution in [3.05, 3.63) is 70.8 Å². The van der Waals surface area contributed by atoms with Crippen LogP contribution in [0.5, 0.6) is 0 Å². The molecule has 94 valence electrons. The van der Waals surface area contributed by atoms with Crippen molar-refractivity contribution in [2.45, 2.75) is 32.8 Å². The maximum Gasteiger partial charge on any atom is 0.0793 e. The van der Waals surface area contributed by atoms with Crippen LogP contribution < -0.4 is 0 Å². The van der Waals surface area contributed by atoms with Gasteiger partial charge in [0.2, 0.25) is 0 Å². The summed E-state index contributed by atoms with van der Waals surface area (Å²) in [5, 5.41) is 10.1. The lowest BCUT2D eigenvalue weighted by atomic mass is 10.00. The van der Waals surface area contributed by atoms with E-state index in [2.05, 4.69) is 38.1 Å². The van der Waals surface area contributed by atoms with E-state index in [4.69, 9.17) is 0 Å². The molecule has 0 aliphatic heterocycles. The van der Waals surface area contributed by atoms with E-state index >= 15 is 0 Å². The van der Waals surface area contributed by atoms with E-state index in [1.807, 2.05) is 24.3 Å². The Hall–Kier alpha value is -1.60. The van der Waals surface area contributed by atoms with Crippen molar-refractivity contribution in [1.29, 1.82) is 0 Å². The quantitative estimate of drug-likeness (QED) is 0.857. The molecule has 2 rings (SSSR count). The van der Waals surface area contributed by atoms with Gasteiger partial charge in [-0.25, -0.2) is 0 Å². The Morgan fingerprint density at radius 1 is 0.944 bits per heavy atom. The van der Waals surface area contributed by atoms with Crippen molar-refractivity contribution in [3.8, 4) is 0 Å². The van der Waals surface area contributed by atoms with Crippen molar-refractivity contribution in [2.75, 3.05) is 0 Å². The first-order valence-corrected chi connectivity index (χ1v) is 6.45. The molecule has 0 radical (unpaired) electrons. The van der Waals surface area contributed by atoms with E-state index in [-0.39, 0.29) is 6.10 Å². The number of aliphatic hydroxyl groups excluding tert-OH is 1. The van der Waals surface area contributed by atoms with Gasteiger partial charge in [-0.15, -0.1) is 0 Å². The average Bonchev–Trinajstić information content (AvgIpc) is 2.37. The maximum absolute atomic E-state index is 10.1. The molecule has 0 saturated carbocycles. The molecular formula is C17H20O. The molecular weight excluding hydrogens is 220 g/mol. The highest BCUT2D eigenvalue weighted by atomic mass is 16.3. The number of aryl methyl sites for hydroxylation is 3. The summed E-state index contributed by atoms with van der Waals surface area (Å²) in [7, 11) is 0. The van der Waals surface area contributed by atoms with Crippen molar-refractivity contribution in [1.82, 2.24) is 0 Å². The summed E-state index contributed by atoms with van der Waals surface area (Å²) in [6, 6.07) is 16.6. The normalized spacial score (nSPS) is 12.4. The summed E-state index contributed by atoms with van der Waals surface area (Å²) in [6.07, 6.45) is 1.31. The zero-order valence-corrected chi connectivity index (χ0v) is 11.1. The van der Waals surface area contributed by atoms with Crippen LogP contribution in [0.4, 0.5) is 0 Å². The molecule has 1 nitrogen and oxygen atoms in total. The lowest BCUT2D eigenvalue weighted by molar-refractivity contribution is 0.168. The van der Waals surface area contributed by atoms with Gasteiger partial charge >= 0.3 is 0 Å². The highest BCUT2D eigenvalue weighted by Gasteiger charge is 2.07. The van der Waals surface area contributed by atoms with Crippen LogP contribution >= 0.6 is 0 Å². The fourth-order valence-electron chi connectivity index (χ4n) is 2.13. The minimum Gasteiger partial charge on any atom is -0.388 e. The molecule has 1 N–H and O–H groups in total. The zero-order valence-electron chi connectivity index (χ0n) is 11.1. The maximum atomic E-state index is 10.1. The molecule has 1 heteroatoms. The first-order valence-electron chi connectivity index (χ1n) is 6.45. The van der Waals surface area contributed by atoms with E-state index in [1.165, 1.54) is 16.7 Å². The second-order valence-corrected chi connectivity index (χ2v) is 4.95. The SMILES string of the molecule is Cc1ccc(C(O)CCc2cccc(C)c2)cc1. The number of benzene rings is 2. The van der Waals surface area contributed by atoms with Crippen LogP contribution in [-0.2, 0) is 6.42 Å². The third-order valence-corrected chi connectivity index (χ3v) is 3.25. The largest absolute Gasteiger partial charge is 0.388 e. The van der Waals surface area contributed by atoms with Gasteiger partial charge in [-0.05, 0) is 37.8 Å². The Balaban J connectivity index is 1.96. The number of aliphatic hydroxyl groups is 1. The molecule has 2 aromatic carbocycles. The third-order valence-electron chi connectivity index (χ3n) is 3.25. The molecule has 0 aliphatic rings. The van der Waals surface area contributed by atoms with Gasteiger partial charge in [0.1, 0.15) is 0 Å². The first-order chi connectivity index (χ1) is 8.65. The standard InChI is InChI=1S/C17H20O/c1-13-6-9-16(10-7-13)17(18)11-8-15-5-3-4-14(2)12-15/h3-7,9-10,12,17-18H,8,11H2,1-2H3. The van der Waals surface area contributed by atoms with Gasteiger partial charge in [0.05, 0.1) is 6.10 Å². The van der Waals surface area contributed by atoms with Gasteiger partial charge in [0.15, 0.2) is 0 Å². The van der Waals surface area contributed by atoms with Crippen LogP contribution in [0.25, 0.3) is 0 Å². The monoisotopic (exact) mass is 240 g/mol. The van der Waals surface area contributed by atoms with E-state index in [1.54, 1.807) is 0 Å². The summed E-state index contributed by atoms with van der Waals surface area (Å²) < 4.78 is 0. The minimum absolute atomic E-state index is 0.369. The topological polar surface area (TPSA) is 20.2 Å².